The molecule has 1 aliphatic rings. The summed E-state index contributed by atoms with van der Waals surface area (Å²) in [6.45, 7) is 2.14. The van der Waals surface area contributed by atoms with E-state index in [1.54, 1.807) is 6.07 Å². The number of hydrogen-bond acceptors (Lipinski definition) is 6. The normalized spacial score (nSPS) is 16.0. The zero-order chi connectivity index (χ0) is 22.8. The summed E-state index contributed by atoms with van der Waals surface area (Å²) < 4.78 is 40.9. The van der Waals surface area contributed by atoms with Crippen LogP contribution in [-0.4, -0.2) is 32.4 Å². The minimum absolute atomic E-state index is 0.0433. The Bertz CT molecular complexity index is 1080. The molecule has 0 atom stereocenters. The van der Waals surface area contributed by atoms with Gasteiger partial charge in [0.05, 0.1) is 0 Å². The van der Waals surface area contributed by atoms with Crippen molar-refractivity contribution >= 4 is 17.2 Å². The second-order valence-corrected chi connectivity index (χ2v) is 8.98. The van der Waals surface area contributed by atoms with Crippen LogP contribution in [0.5, 0.6) is 0 Å². The Morgan fingerprint density at radius 1 is 1.12 bits per heavy atom. The summed E-state index contributed by atoms with van der Waals surface area (Å²) in [7, 11) is 0. The van der Waals surface area contributed by atoms with Gasteiger partial charge in [0.1, 0.15) is 4.88 Å². The van der Waals surface area contributed by atoms with E-state index in [0.29, 0.717) is 11.3 Å². The minimum atomic E-state index is -4.76. The third-order valence-corrected chi connectivity index (χ3v) is 6.83. The molecule has 1 N–H and O–H groups in total. The zero-order valence-corrected chi connectivity index (χ0v) is 18.3. The molecular formula is C22H22F3N5OS. The molecule has 0 radical (unpaired) electrons. The van der Waals surface area contributed by atoms with Gasteiger partial charge in [-0.05, 0) is 37.5 Å². The van der Waals surface area contributed by atoms with Crippen LogP contribution in [0.25, 0.3) is 10.8 Å². The first-order valence-electron chi connectivity index (χ1n) is 10.4. The lowest BCUT2D eigenvalue weighted by atomic mass is 9.69. The molecule has 6 nitrogen and oxygen atoms in total. The quantitative estimate of drug-likeness (QED) is 0.581. The number of amides is 1. The SMILES string of the molecule is Cc1ccc(C2(CNC(=O)c3sc(-c4ncccn4)nc3C(F)(F)F)CCCCC2)cn1. The number of aromatic nitrogens is 4. The number of alkyl halides is 3. The molecule has 4 rings (SSSR count). The number of rotatable bonds is 5. The molecule has 10 heteroatoms. The zero-order valence-electron chi connectivity index (χ0n) is 17.4. The van der Waals surface area contributed by atoms with Crippen molar-refractivity contribution in [1.29, 1.82) is 0 Å². The highest BCUT2D eigenvalue weighted by Gasteiger charge is 2.41. The number of aryl methyl sites for hydroxylation is 1. The van der Waals surface area contributed by atoms with Crippen LogP contribution in [0, 0.1) is 6.92 Å². The molecule has 0 aromatic carbocycles. The molecule has 0 spiro atoms. The number of pyridine rings is 1. The first kappa shape index (κ1) is 22.3. The van der Waals surface area contributed by atoms with E-state index in [1.165, 1.54) is 12.4 Å². The summed E-state index contributed by atoms with van der Waals surface area (Å²) in [4.78, 5) is 28.4. The largest absolute Gasteiger partial charge is 0.435 e. The third kappa shape index (κ3) is 4.64. The van der Waals surface area contributed by atoms with Gasteiger partial charge < -0.3 is 5.32 Å². The predicted octanol–water partition coefficient (Wildman–Crippen LogP) is 4.95. The molecule has 32 heavy (non-hydrogen) atoms. The molecule has 1 saturated carbocycles. The van der Waals surface area contributed by atoms with Gasteiger partial charge in [0.2, 0.25) is 0 Å². The van der Waals surface area contributed by atoms with Crippen LogP contribution in [0.4, 0.5) is 13.2 Å². The maximum Gasteiger partial charge on any atom is 0.435 e. The lowest BCUT2D eigenvalue weighted by Gasteiger charge is -2.37. The van der Waals surface area contributed by atoms with Crippen LogP contribution in [0.1, 0.15) is 58.7 Å². The second-order valence-electron chi connectivity index (χ2n) is 7.98. The average Bonchev–Trinajstić information content (AvgIpc) is 3.26. The number of carbonyl (C=O) groups is 1. The van der Waals surface area contributed by atoms with Crippen molar-refractivity contribution in [2.24, 2.45) is 0 Å². The number of carbonyl (C=O) groups excluding carboxylic acids is 1. The molecule has 0 unspecified atom stereocenters. The fraction of sp³-hybridized carbons (Fsp3) is 0.409. The predicted molar refractivity (Wildman–Crippen MR) is 114 cm³/mol. The monoisotopic (exact) mass is 461 g/mol. The molecular weight excluding hydrogens is 439 g/mol. The Labute approximate surface area is 187 Å². The van der Waals surface area contributed by atoms with Crippen molar-refractivity contribution in [3.63, 3.8) is 0 Å². The lowest BCUT2D eigenvalue weighted by Crippen LogP contribution is -2.42. The summed E-state index contributed by atoms with van der Waals surface area (Å²) in [5.74, 6) is -0.737. The maximum absolute atomic E-state index is 13.6. The third-order valence-electron chi connectivity index (χ3n) is 5.78. The smallest absolute Gasteiger partial charge is 0.350 e. The molecule has 1 fully saturated rings. The molecule has 3 aromatic heterocycles. The maximum atomic E-state index is 13.6. The Hall–Kier alpha value is -2.88. The fourth-order valence-electron chi connectivity index (χ4n) is 4.08. The molecule has 3 heterocycles. The van der Waals surface area contributed by atoms with Crippen molar-refractivity contribution in [1.82, 2.24) is 25.3 Å². The molecule has 168 valence electrons. The van der Waals surface area contributed by atoms with Crippen LogP contribution in [0.3, 0.4) is 0 Å². The van der Waals surface area contributed by atoms with E-state index >= 15 is 0 Å². The van der Waals surface area contributed by atoms with Crippen LogP contribution < -0.4 is 5.32 Å². The van der Waals surface area contributed by atoms with Crippen LogP contribution in [-0.2, 0) is 11.6 Å². The van der Waals surface area contributed by atoms with Gasteiger partial charge in [-0.25, -0.2) is 15.0 Å². The fourth-order valence-corrected chi connectivity index (χ4v) is 5.03. The number of thiazole rings is 1. The molecule has 0 saturated heterocycles. The number of nitrogens with zero attached hydrogens (tertiary/aromatic N) is 4. The molecule has 0 bridgehead atoms. The summed E-state index contributed by atoms with van der Waals surface area (Å²) >= 11 is 0.650. The van der Waals surface area contributed by atoms with E-state index in [0.717, 1.165) is 43.4 Å². The number of nitrogens with one attached hydrogen (secondary N) is 1. The van der Waals surface area contributed by atoms with E-state index < -0.39 is 22.7 Å². The highest BCUT2D eigenvalue weighted by Crippen LogP contribution is 2.40. The van der Waals surface area contributed by atoms with E-state index in [9.17, 15) is 18.0 Å². The van der Waals surface area contributed by atoms with Gasteiger partial charge in [-0.2, -0.15) is 13.2 Å². The Morgan fingerprint density at radius 2 is 1.84 bits per heavy atom. The van der Waals surface area contributed by atoms with Gasteiger partial charge in [-0.15, -0.1) is 11.3 Å². The summed E-state index contributed by atoms with van der Waals surface area (Å²) in [6.07, 6.45) is 4.65. The minimum Gasteiger partial charge on any atom is -0.350 e. The molecule has 0 aliphatic heterocycles. The van der Waals surface area contributed by atoms with Gasteiger partial charge in [0, 0.05) is 36.2 Å². The van der Waals surface area contributed by atoms with Crippen LogP contribution >= 0.6 is 11.3 Å². The van der Waals surface area contributed by atoms with E-state index in [1.807, 2.05) is 25.3 Å². The van der Waals surface area contributed by atoms with Crippen molar-refractivity contribution < 1.29 is 18.0 Å². The Kier molecular flexibility index (Phi) is 6.23. The van der Waals surface area contributed by atoms with Crippen molar-refractivity contribution in [2.45, 2.75) is 50.6 Å². The average molecular weight is 462 g/mol. The first-order valence-corrected chi connectivity index (χ1v) is 11.2. The van der Waals surface area contributed by atoms with E-state index in [-0.39, 0.29) is 22.8 Å². The van der Waals surface area contributed by atoms with Gasteiger partial charge in [-0.3, -0.25) is 9.78 Å². The molecule has 1 amide bonds. The van der Waals surface area contributed by atoms with E-state index in [2.05, 4.69) is 25.3 Å². The van der Waals surface area contributed by atoms with Crippen molar-refractivity contribution in [3.05, 3.63) is 58.6 Å². The highest BCUT2D eigenvalue weighted by atomic mass is 32.1. The van der Waals surface area contributed by atoms with Gasteiger partial charge >= 0.3 is 6.18 Å². The molecule has 3 aromatic rings. The second kappa shape index (κ2) is 8.93. The van der Waals surface area contributed by atoms with Crippen LogP contribution in [0.15, 0.2) is 36.8 Å². The summed E-state index contributed by atoms with van der Waals surface area (Å²) in [5, 5.41) is 2.72. The Morgan fingerprint density at radius 3 is 2.47 bits per heavy atom. The summed E-state index contributed by atoms with van der Waals surface area (Å²) in [5.41, 5.74) is 0.334. The lowest BCUT2D eigenvalue weighted by molar-refractivity contribution is -0.141. The number of hydrogen-bond donors (Lipinski definition) is 1. The topological polar surface area (TPSA) is 80.7 Å². The van der Waals surface area contributed by atoms with Gasteiger partial charge in [0.15, 0.2) is 16.5 Å². The number of halogens is 3. The van der Waals surface area contributed by atoms with Crippen molar-refractivity contribution in [2.75, 3.05) is 6.54 Å². The summed E-state index contributed by atoms with van der Waals surface area (Å²) in [6, 6.07) is 5.47. The Balaban J connectivity index is 1.61. The van der Waals surface area contributed by atoms with Crippen LogP contribution in [0.2, 0.25) is 0 Å². The van der Waals surface area contributed by atoms with Crippen molar-refractivity contribution in [3.8, 4) is 10.8 Å². The highest BCUT2D eigenvalue weighted by molar-refractivity contribution is 7.17. The van der Waals surface area contributed by atoms with Gasteiger partial charge in [0.25, 0.3) is 5.91 Å². The van der Waals surface area contributed by atoms with Gasteiger partial charge in [-0.1, -0.05) is 25.3 Å². The first-order chi connectivity index (χ1) is 15.3. The standard InChI is InChI=1S/C22H22F3N5OS/c1-14-6-7-15(12-28-14)21(8-3-2-4-9-21)13-29-19(31)16-17(22(23,24)25)30-20(32-16)18-26-10-5-11-27-18/h5-7,10-12H,2-4,8-9,13H2,1H3,(H,29,31). The molecule has 1 aliphatic carbocycles. The van der Waals surface area contributed by atoms with E-state index in [4.69, 9.17) is 0 Å².